The van der Waals surface area contributed by atoms with Crippen LogP contribution in [0.25, 0.3) is 0 Å². The van der Waals surface area contributed by atoms with Crippen LogP contribution >= 0.6 is 0 Å². The van der Waals surface area contributed by atoms with Gasteiger partial charge in [0.05, 0.1) is 5.92 Å². The average molecular weight is 346 g/mol. The number of rotatable bonds is 3. The number of ketones is 1. The van der Waals surface area contributed by atoms with E-state index in [1.165, 1.54) is 24.3 Å². The number of fused-ring (bicyclic) bond motifs is 1. The summed E-state index contributed by atoms with van der Waals surface area (Å²) < 4.78 is 5.82. The molecule has 1 aliphatic heterocycles. The number of benzene rings is 2. The van der Waals surface area contributed by atoms with Crippen molar-refractivity contribution in [2.75, 3.05) is 0 Å². The van der Waals surface area contributed by atoms with E-state index in [0.717, 1.165) is 0 Å². The summed E-state index contributed by atoms with van der Waals surface area (Å²) in [6.07, 6.45) is -0.422. The molecule has 2 aromatic carbocycles. The summed E-state index contributed by atoms with van der Waals surface area (Å²) in [7, 11) is 0. The van der Waals surface area contributed by atoms with Gasteiger partial charge in [0.1, 0.15) is 29.1 Å². The van der Waals surface area contributed by atoms with Gasteiger partial charge in [0.25, 0.3) is 0 Å². The van der Waals surface area contributed by atoms with Crippen LogP contribution in [0, 0.1) is 5.92 Å². The van der Waals surface area contributed by atoms with Crippen molar-refractivity contribution in [3.63, 3.8) is 0 Å². The number of phenols is 5. The minimum atomic E-state index is -0.849. The average Bonchev–Trinajstić information content (AvgIpc) is 2.57. The quantitative estimate of drug-likeness (QED) is 0.540. The molecule has 0 spiro atoms. The van der Waals surface area contributed by atoms with Crippen LogP contribution in [0.5, 0.6) is 34.5 Å². The third kappa shape index (κ3) is 2.88. The highest BCUT2D eigenvalue weighted by Crippen LogP contribution is 2.47. The fourth-order valence-electron chi connectivity index (χ4n) is 3.11. The minimum absolute atomic E-state index is 0.116. The number of Topliss-reactive ketones (excluding diaryl/α,β-unsaturated/α-hetero) is 1. The molecule has 7 heteroatoms. The van der Waals surface area contributed by atoms with E-state index >= 15 is 0 Å². The van der Waals surface area contributed by atoms with Gasteiger partial charge in [-0.1, -0.05) is 6.92 Å². The number of phenolic OH excluding ortho intramolecular Hbond substituents is 5. The summed E-state index contributed by atoms with van der Waals surface area (Å²) in [5, 5.41) is 48.7. The maximum absolute atomic E-state index is 12.4. The van der Waals surface area contributed by atoms with Gasteiger partial charge in [-0.15, -0.1) is 0 Å². The van der Waals surface area contributed by atoms with Gasteiger partial charge >= 0.3 is 0 Å². The lowest BCUT2D eigenvalue weighted by Gasteiger charge is -2.33. The Balaban J connectivity index is 2.11. The predicted molar refractivity (Wildman–Crippen MR) is 87.1 cm³/mol. The Labute approximate surface area is 143 Å². The van der Waals surface area contributed by atoms with Crippen molar-refractivity contribution in [1.29, 1.82) is 0 Å². The van der Waals surface area contributed by atoms with Gasteiger partial charge in [-0.05, 0) is 18.6 Å². The van der Waals surface area contributed by atoms with Crippen LogP contribution in [0.3, 0.4) is 0 Å². The summed E-state index contributed by atoms with van der Waals surface area (Å²) in [5.41, 5.74) is 0.709. The van der Waals surface area contributed by atoms with Crippen LogP contribution in [0.1, 0.15) is 30.6 Å². The zero-order valence-electron chi connectivity index (χ0n) is 13.4. The topological polar surface area (TPSA) is 127 Å². The SMILES string of the molecule is CCC(=O)[C@@H]1Cc2c(O)cc(O)cc2O[C@@H]1c1cc(O)c(O)c(O)c1. The zero-order chi connectivity index (χ0) is 18.3. The lowest BCUT2D eigenvalue weighted by atomic mass is 9.82. The normalized spacial score (nSPS) is 19.1. The highest BCUT2D eigenvalue weighted by Gasteiger charge is 2.37. The van der Waals surface area contributed by atoms with E-state index in [2.05, 4.69) is 0 Å². The second-order valence-electron chi connectivity index (χ2n) is 6.02. The first-order valence-electron chi connectivity index (χ1n) is 7.80. The summed E-state index contributed by atoms with van der Waals surface area (Å²) in [6, 6.07) is 4.93. The van der Waals surface area contributed by atoms with Gasteiger partial charge in [-0.3, -0.25) is 4.79 Å². The number of aromatic hydroxyl groups is 5. The van der Waals surface area contributed by atoms with Crippen molar-refractivity contribution in [2.24, 2.45) is 5.92 Å². The molecule has 5 N–H and O–H groups in total. The first-order valence-corrected chi connectivity index (χ1v) is 7.80. The third-order valence-electron chi connectivity index (χ3n) is 4.40. The third-order valence-corrected chi connectivity index (χ3v) is 4.40. The highest BCUT2D eigenvalue weighted by atomic mass is 16.5. The van der Waals surface area contributed by atoms with Gasteiger partial charge in [0, 0.05) is 29.7 Å². The lowest BCUT2D eigenvalue weighted by Crippen LogP contribution is -2.31. The Morgan fingerprint density at radius 1 is 1.04 bits per heavy atom. The van der Waals surface area contributed by atoms with Crippen LogP contribution in [0.4, 0.5) is 0 Å². The van der Waals surface area contributed by atoms with E-state index in [0.29, 0.717) is 11.1 Å². The molecule has 2 aromatic rings. The fourth-order valence-corrected chi connectivity index (χ4v) is 3.11. The monoisotopic (exact) mass is 346 g/mol. The molecule has 2 atom stereocenters. The first kappa shape index (κ1) is 16.8. The van der Waals surface area contributed by atoms with E-state index in [9.17, 15) is 30.3 Å². The van der Waals surface area contributed by atoms with Gasteiger partial charge < -0.3 is 30.3 Å². The fraction of sp³-hybridized carbons (Fsp3) is 0.278. The largest absolute Gasteiger partial charge is 0.508 e. The Morgan fingerprint density at radius 3 is 2.28 bits per heavy atom. The van der Waals surface area contributed by atoms with Gasteiger partial charge in [0.2, 0.25) is 0 Å². The summed E-state index contributed by atoms with van der Waals surface area (Å²) in [4.78, 5) is 12.4. The molecular formula is C18H18O7. The first-order chi connectivity index (χ1) is 11.8. The summed E-state index contributed by atoms with van der Waals surface area (Å²) in [5.74, 6) is -2.64. The molecule has 132 valence electrons. The molecule has 25 heavy (non-hydrogen) atoms. The van der Waals surface area contributed by atoms with Crippen molar-refractivity contribution in [3.8, 4) is 34.5 Å². The van der Waals surface area contributed by atoms with Crippen molar-refractivity contribution in [2.45, 2.75) is 25.9 Å². The Kier molecular flexibility index (Phi) is 4.08. The molecule has 1 aliphatic rings. The van der Waals surface area contributed by atoms with E-state index in [4.69, 9.17) is 4.74 Å². The van der Waals surface area contributed by atoms with Crippen LogP contribution in [0.2, 0.25) is 0 Å². The molecule has 0 amide bonds. The van der Waals surface area contributed by atoms with Gasteiger partial charge in [0.15, 0.2) is 17.2 Å². The molecule has 7 nitrogen and oxygen atoms in total. The van der Waals surface area contributed by atoms with Crippen LogP contribution in [-0.2, 0) is 11.2 Å². The maximum atomic E-state index is 12.4. The van der Waals surface area contributed by atoms with E-state index in [-0.39, 0.29) is 35.9 Å². The Morgan fingerprint density at radius 2 is 1.68 bits per heavy atom. The smallest absolute Gasteiger partial charge is 0.200 e. The number of carbonyl (C=O) groups is 1. The van der Waals surface area contributed by atoms with Gasteiger partial charge in [-0.2, -0.15) is 0 Å². The molecule has 0 radical (unpaired) electrons. The molecule has 3 rings (SSSR count). The van der Waals surface area contributed by atoms with Crippen LogP contribution < -0.4 is 4.74 Å². The highest BCUT2D eigenvalue weighted by molar-refractivity contribution is 5.82. The Bertz CT molecular complexity index is 821. The number of hydrogen-bond donors (Lipinski definition) is 5. The molecule has 0 fully saturated rings. The molecule has 0 aliphatic carbocycles. The molecule has 1 heterocycles. The van der Waals surface area contributed by atoms with Crippen molar-refractivity contribution in [1.82, 2.24) is 0 Å². The predicted octanol–water partition coefficient (Wildman–Crippen LogP) is 2.49. The van der Waals surface area contributed by atoms with Crippen molar-refractivity contribution in [3.05, 3.63) is 35.4 Å². The standard InChI is InChI=1S/C18H18O7/c1-2-12(20)11-7-10-13(21)5-9(19)6-16(10)25-18(11)8-3-14(22)17(24)15(23)4-8/h3-6,11,18-19,21-24H,2,7H2,1H3/t11-,18+/m0/s1. The van der Waals surface area contributed by atoms with E-state index in [1.54, 1.807) is 6.92 Å². The number of hydrogen-bond acceptors (Lipinski definition) is 7. The zero-order valence-corrected chi connectivity index (χ0v) is 13.4. The molecule has 0 unspecified atom stereocenters. The lowest BCUT2D eigenvalue weighted by molar-refractivity contribution is -0.126. The van der Waals surface area contributed by atoms with Crippen LogP contribution in [-0.4, -0.2) is 31.3 Å². The summed E-state index contributed by atoms with van der Waals surface area (Å²) >= 11 is 0. The minimum Gasteiger partial charge on any atom is -0.508 e. The van der Waals surface area contributed by atoms with Crippen LogP contribution in [0.15, 0.2) is 24.3 Å². The second-order valence-corrected chi connectivity index (χ2v) is 6.02. The number of carbonyl (C=O) groups excluding carboxylic acids is 1. The Hall–Kier alpha value is -3.09. The van der Waals surface area contributed by atoms with E-state index in [1.807, 2.05) is 0 Å². The second kappa shape index (κ2) is 6.08. The van der Waals surface area contributed by atoms with E-state index < -0.39 is 29.3 Å². The van der Waals surface area contributed by atoms with Crippen molar-refractivity contribution >= 4 is 5.78 Å². The van der Waals surface area contributed by atoms with Gasteiger partial charge in [-0.25, -0.2) is 0 Å². The molecule has 0 aromatic heterocycles. The summed E-state index contributed by atoms with van der Waals surface area (Å²) in [6.45, 7) is 1.71. The molecule has 0 saturated carbocycles. The molecule has 0 bridgehead atoms. The maximum Gasteiger partial charge on any atom is 0.200 e. The molecule has 0 saturated heterocycles. The number of ether oxygens (including phenoxy) is 1. The molecular weight excluding hydrogens is 328 g/mol. The van der Waals surface area contributed by atoms with Crippen molar-refractivity contribution < 1.29 is 35.1 Å².